The molecule has 0 radical (unpaired) electrons. The van der Waals surface area contributed by atoms with Crippen LogP contribution in [-0.4, -0.2) is 26.0 Å². The molecule has 4 nitrogen and oxygen atoms in total. The van der Waals surface area contributed by atoms with Crippen molar-refractivity contribution in [3.05, 3.63) is 21.5 Å². The van der Waals surface area contributed by atoms with Gasteiger partial charge in [0.15, 0.2) is 0 Å². The lowest BCUT2D eigenvalue weighted by molar-refractivity contribution is 0.559. The Kier molecular flexibility index (Phi) is 4.00. The van der Waals surface area contributed by atoms with E-state index in [1.807, 2.05) is 22.6 Å². The second-order valence-electron chi connectivity index (χ2n) is 4.42. The zero-order valence-corrected chi connectivity index (χ0v) is 12.6. The van der Waals surface area contributed by atoms with Crippen molar-refractivity contribution in [2.45, 2.75) is 18.9 Å². The van der Waals surface area contributed by atoms with Gasteiger partial charge in [-0.1, -0.05) is 0 Å². The van der Waals surface area contributed by atoms with E-state index in [4.69, 9.17) is 5.73 Å². The van der Waals surface area contributed by atoms with E-state index >= 15 is 0 Å². The van der Waals surface area contributed by atoms with E-state index in [0.29, 0.717) is 27.8 Å². The molecule has 7 heteroatoms. The van der Waals surface area contributed by atoms with Crippen LogP contribution in [0.2, 0.25) is 0 Å². The van der Waals surface area contributed by atoms with Crippen LogP contribution in [0.1, 0.15) is 12.8 Å². The molecule has 0 aromatic heterocycles. The van der Waals surface area contributed by atoms with E-state index in [-0.39, 0.29) is 23.4 Å². The van der Waals surface area contributed by atoms with Gasteiger partial charge in [0.1, 0.15) is 15.7 Å². The van der Waals surface area contributed by atoms with E-state index in [9.17, 15) is 12.8 Å². The smallest absolute Gasteiger partial charge is 0.150 e. The Morgan fingerprint density at radius 3 is 2.56 bits per heavy atom. The summed E-state index contributed by atoms with van der Waals surface area (Å²) in [6.45, 7) is 0. The van der Waals surface area contributed by atoms with Gasteiger partial charge >= 0.3 is 0 Å². The van der Waals surface area contributed by atoms with E-state index < -0.39 is 9.84 Å². The van der Waals surface area contributed by atoms with E-state index in [0.717, 1.165) is 0 Å². The lowest BCUT2D eigenvalue weighted by atomic mass is 10.1. The molecule has 100 valence electrons. The summed E-state index contributed by atoms with van der Waals surface area (Å²) in [4.78, 5) is 0. The molecule has 0 atom stereocenters. The number of hydrogen-bond donors (Lipinski definition) is 2. The first kappa shape index (κ1) is 13.9. The van der Waals surface area contributed by atoms with Gasteiger partial charge in [-0.05, 0) is 41.5 Å². The minimum atomic E-state index is -2.88. The average Bonchev–Trinajstić information content (AvgIpc) is 2.28. The van der Waals surface area contributed by atoms with Gasteiger partial charge in [0, 0.05) is 12.1 Å². The number of hydrogen-bond acceptors (Lipinski definition) is 4. The van der Waals surface area contributed by atoms with Gasteiger partial charge in [-0.3, -0.25) is 0 Å². The number of nitrogens with one attached hydrogen (secondary N) is 1. The van der Waals surface area contributed by atoms with Crippen molar-refractivity contribution in [2.75, 3.05) is 22.6 Å². The van der Waals surface area contributed by atoms with Crippen molar-refractivity contribution >= 4 is 43.8 Å². The Morgan fingerprint density at radius 1 is 1.33 bits per heavy atom. The van der Waals surface area contributed by atoms with Crippen molar-refractivity contribution in [3.63, 3.8) is 0 Å². The van der Waals surface area contributed by atoms with Crippen LogP contribution in [0.25, 0.3) is 0 Å². The van der Waals surface area contributed by atoms with Gasteiger partial charge in [0.05, 0.1) is 26.5 Å². The Morgan fingerprint density at radius 2 is 1.94 bits per heavy atom. The lowest BCUT2D eigenvalue weighted by Gasteiger charge is -2.24. The first-order chi connectivity index (χ1) is 8.37. The van der Waals surface area contributed by atoms with Crippen LogP contribution < -0.4 is 11.1 Å². The standard InChI is InChI=1S/C11H14FIN2O2S/c12-8-5-11(10(14)6-9(8)13)15-7-1-3-18(16,17)4-2-7/h5-7,15H,1-4,14H2. The number of nitrogens with two attached hydrogens (primary N) is 1. The predicted molar refractivity (Wildman–Crippen MR) is 78.8 cm³/mol. The fourth-order valence-electron chi connectivity index (χ4n) is 1.94. The molecule has 0 amide bonds. The molecule has 0 unspecified atom stereocenters. The van der Waals surface area contributed by atoms with Crippen LogP contribution in [0.4, 0.5) is 15.8 Å². The first-order valence-corrected chi connectivity index (χ1v) is 8.49. The molecular formula is C11H14FIN2O2S. The maximum absolute atomic E-state index is 13.4. The van der Waals surface area contributed by atoms with Crippen molar-refractivity contribution < 1.29 is 12.8 Å². The number of nitrogen functional groups attached to an aromatic ring is 1. The number of halogens is 2. The Hall–Kier alpha value is -0.570. The van der Waals surface area contributed by atoms with E-state index in [2.05, 4.69) is 5.32 Å². The van der Waals surface area contributed by atoms with Crippen molar-refractivity contribution in [2.24, 2.45) is 0 Å². The van der Waals surface area contributed by atoms with Crippen LogP contribution in [0.5, 0.6) is 0 Å². The molecule has 1 aromatic rings. The fourth-order valence-corrected chi connectivity index (χ4v) is 3.92. The average molecular weight is 384 g/mol. The molecule has 0 spiro atoms. The van der Waals surface area contributed by atoms with Crippen LogP contribution in [0, 0.1) is 9.39 Å². The number of benzene rings is 1. The highest BCUT2D eigenvalue weighted by molar-refractivity contribution is 14.1. The number of sulfone groups is 1. The summed E-state index contributed by atoms with van der Waals surface area (Å²) in [6, 6.07) is 2.97. The SMILES string of the molecule is Nc1cc(I)c(F)cc1NC1CCS(=O)(=O)CC1. The molecule has 1 aliphatic rings. The molecular weight excluding hydrogens is 370 g/mol. The minimum absolute atomic E-state index is 0.0373. The largest absolute Gasteiger partial charge is 0.397 e. The Balaban J connectivity index is 2.09. The molecule has 1 aliphatic heterocycles. The zero-order valence-electron chi connectivity index (χ0n) is 9.62. The van der Waals surface area contributed by atoms with E-state index in [1.165, 1.54) is 6.07 Å². The van der Waals surface area contributed by atoms with Gasteiger partial charge < -0.3 is 11.1 Å². The summed E-state index contributed by atoms with van der Waals surface area (Å²) in [7, 11) is -2.88. The molecule has 1 fully saturated rings. The molecule has 1 heterocycles. The molecule has 1 aromatic carbocycles. The van der Waals surface area contributed by atoms with Gasteiger partial charge in [-0.15, -0.1) is 0 Å². The van der Waals surface area contributed by atoms with Gasteiger partial charge in [0.25, 0.3) is 0 Å². The topological polar surface area (TPSA) is 72.2 Å². The molecule has 0 bridgehead atoms. The number of rotatable bonds is 2. The highest BCUT2D eigenvalue weighted by Crippen LogP contribution is 2.26. The maximum Gasteiger partial charge on any atom is 0.150 e. The fraction of sp³-hybridized carbons (Fsp3) is 0.455. The third kappa shape index (κ3) is 3.25. The molecule has 2 rings (SSSR count). The summed E-state index contributed by atoms with van der Waals surface area (Å²) >= 11 is 1.88. The van der Waals surface area contributed by atoms with Crippen molar-refractivity contribution in [3.8, 4) is 0 Å². The minimum Gasteiger partial charge on any atom is -0.397 e. The summed E-state index contributed by atoms with van der Waals surface area (Å²) < 4.78 is 36.5. The van der Waals surface area contributed by atoms with Crippen molar-refractivity contribution in [1.29, 1.82) is 0 Å². The van der Waals surface area contributed by atoms with Gasteiger partial charge in [-0.25, -0.2) is 12.8 Å². The third-order valence-electron chi connectivity index (χ3n) is 3.01. The monoisotopic (exact) mass is 384 g/mol. The first-order valence-electron chi connectivity index (χ1n) is 5.59. The lowest BCUT2D eigenvalue weighted by Crippen LogP contribution is -2.32. The van der Waals surface area contributed by atoms with Gasteiger partial charge in [-0.2, -0.15) is 0 Å². The molecule has 18 heavy (non-hydrogen) atoms. The van der Waals surface area contributed by atoms with Crippen LogP contribution in [-0.2, 0) is 9.84 Å². The quantitative estimate of drug-likeness (QED) is 0.605. The van der Waals surface area contributed by atoms with Crippen LogP contribution in [0.3, 0.4) is 0 Å². The summed E-state index contributed by atoms with van der Waals surface area (Å²) in [5.41, 5.74) is 6.83. The summed E-state index contributed by atoms with van der Waals surface area (Å²) in [6.07, 6.45) is 1.07. The highest BCUT2D eigenvalue weighted by atomic mass is 127. The normalized spacial score (nSPS) is 19.7. The molecule has 1 saturated heterocycles. The van der Waals surface area contributed by atoms with Gasteiger partial charge in [0.2, 0.25) is 0 Å². The maximum atomic E-state index is 13.4. The Bertz CT molecular complexity index is 548. The summed E-state index contributed by atoms with van der Waals surface area (Å²) in [5, 5.41) is 3.12. The molecule has 3 N–H and O–H groups in total. The second kappa shape index (κ2) is 5.20. The third-order valence-corrected chi connectivity index (χ3v) is 5.55. The second-order valence-corrected chi connectivity index (χ2v) is 7.89. The van der Waals surface area contributed by atoms with Crippen LogP contribution >= 0.6 is 22.6 Å². The number of anilines is 2. The predicted octanol–water partition coefficient (Wildman–Crippen LogP) is 2.00. The Labute approximate surface area is 119 Å². The van der Waals surface area contributed by atoms with E-state index in [1.54, 1.807) is 6.07 Å². The van der Waals surface area contributed by atoms with Crippen LogP contribution in [0.15, 0.2) is 12.1 Å². The zero-order chi connectivity index (χ0) is 13.3. The highest BCUT2D eigenvalue weighted by Gasteiger charge is 2.23. The van der Waals surface area contributed by atoms with Crippen molar-refractivity contribution in [1.82, 2.24) is 0 Å². The summed E-state index contributed by atoms with van der Waals surface area (Å²) in [5.74, 6) is 0.0326. The molecule has 0 saturated carbocycles. The molecule has 0 aliphatic carbocycles.